The summed E-state index contributed by atoms with van der Waals surface area (Å²) >= 11 is 0. The molecule has 3 N–H and O–H groups in total. The molecule has 1 amide bonds. The van der Waals surface area contributed by atoms with Gasteiger partial charge in [0.05, 0.1) is 17.9 Å². The molecule has 0 saturated carbocycles. The third kappa shape index (κ3) is 5.64. The molecular weight excluding hydrogens is 284 g/mol. The molecule has 0 aromatic heterocycles. The van der Waals surface area contributed by atoms with Gasteiger partial charge in [-0.2, -0.15) is 0 Å². The third-order valence-electron chi connectivity index (χ3n) is 3.30. The van der Waals surface area contributed by atoms with Crippen LogP contribution >= 0.6 is 12.4 Å². The van der Waals surface area contributed by atoms with Gasteiger partial charge in [-0.1, -0.05) is 0 Å². The molecule has 7 heteroatoms. The number of carbonyl (C=O) groups excluding carboxylic acids is 2. The molecule has 0 bridgehead atoms. The molecule has 0 spiro atoms. The summed E-state index contributed by atoms with van der Waals surface area (Å²) in [6.45, 7) is 5.29. The summed E-state index contributed by atoms with van der Waals surface area (Å²) in [7, 11) is 0. The van der Waals surface area contributed by atoms with Crippen LogP contribution in [0.15, 0.2) is 0 Å². The molecular formula is C13H25ClN2O4. The fourth-order valence-corrected chi connectivity index (χ4v) is 2.07. The Bertz CT molecular complexity index is 317. The van der Waals surface area contributed by atoms with E-state index in [-0.39, 0.29) is 43.4 Å². The van der Waals surface area contributed by atoms with Gasteiger partial charge in [-0.15, -0.1) is 12.4 Å². The van der Waals surface area contributed by atoms with E-state index in [1.54, 1.807) is 13.8 Å². The van der Waals surface area contributed by atoms with E-state index in [9.17, 15) is 9.59 Å². The van der Waals surface area contributed by atoms with Gasteiger partial charge in [-0.3, -0.25) is 9.59 Å². The molecule has 0 aromatic carbocycles. The molecule has 1 heterocycles. The van der Waals surface area contributed by atoms with Crippen LogP contribution in [0.3, 0.4) is 0 Å². The molecule has 20 heavy (non-hydrogen) atoms. The summed E-state index contributed by atoms with van der Waals surface area (Å²) in [6.07, 6.45) is 1.31. The number of rotatable bonds is 6. The standard InChI is InChI=1S/C13H24N2O4.ClH/c1-10(2)19-11(16)3-6-15-12(17)13(9-14)4-7-18-8-5-13;/h10H,3-9,14H2,1-2H3,(H,15,17);1H. The highest BCUT2D eigenvalue weighted by atomic mass is 35.5. The summed E-state index contributed by atoms with van der Waals surface area (Å²) in [4.78, 5) is 23.5. The van der Waals surface area contributed by atoms with Gasteiger partial charge < -0.3 is 20.5 Å². The van der Waals surface area contributed by atoms with Crippen LogP contribution in [0.4, 0.5) is 0 Å². The van der Waals surface area contributed by atoms with Crippen molar-refractivity contribution in [3.8, 4) is 0 Å². The highest BCUT2D eigenvalue weighted by Gasteiger charge is 2.38. The first-order chi connectivity index (χ1) is 9.00. The summed E-state index contributed by atoms with van der Waals surface area (Å²) in [5.41, 5.74) is 5.19. The maximum atomic E-state index is 12.2. The first-order valence-corrected chi connectivity index (χ1v) is 6.76. The minimum absolute atomic E-state index is 0. The lowest BCUT2D eigenvalue weighted by atomic mass is 9.79. The van der Waals surface area contributed by atoms with E-state index in [1.807, 2.05) is 0 Å². The monoisotopic (exact) mass is 308 g/mol. The molecule has 6 nitrogen and oxygen atoms in total. The van der Waals surface area contributed by atoms with Crippen molar-refractivity contribution in [1.29, 1.82) is 0 Å². The summed E-state index contributed by atoms with van der Waals surface area (Å²) < 4.78 is 10.2. The average Bonchev–Trinajstić information content (AvgIpc) is 2.38. The quantitative estimate of drug-likeness (QED) is 0.702. The second kappa shape index (κ2) is 9.15. The van der Waals surface area contributed by atoms with Crippen molar-refractivity contribution in [3.63, 3.8) is 0 Å². The van der Waals surface area contributed by atoms with Gasteiger partial charge in [0.15, 0.2) is 0 Å². The lowest BCUT2D eigenvalue weighted by Gasteiger charge is -2.34. The minimum Gasteiger partial charge on any atom is -0.463 e. The Balaban J connectivity index is 0.00000361. The number of esters is 1. The van der Waals surface area contributed by atoms with Gasteiger partial charge in [-0.05, 0) is 26.7 Å². The molecule has 1 saturated heterocycles. The predicted octanol–water partition coefficient (Wildman–Crippen LogP) is 0.622. The van der Waals surface area contributed by atoms with Crippen molar-refractivity contribution in [2.45, 2.75) is 39.2 Å². The second-order valence-corrected chi connectivity index (χ2v) is 5.14. The molecule has 118 valence electrons. The molecule has 1 aliphatic heterocycles. The van der Waals surface area contributed by atoms with Gasteiger partial charge in [0.2, 0.25) is 5.91 Å². The van der Waals surface area contributed by atoms with E-state index in [0.29, 0.717) is 32.6 Å². The summed E-state index contributed by atoms with van der Waals surface area (Å²) in [6, 6.07) is 0. The molecule has 1 fully saturated rings. The highest BCUT2D eigenvalue weighted by Crippen LogP contribution is 2.29. The van der Waals surface area contributed by atoms with E-state index >= 15 is 0 Å². The Labute approximate surface area is 126 Å². The number of ether oxygens (including phenoxy) is 2. The average molecular weight is 309 g/mol. The molecule has 0 aromatic rings. The molecule has 0 atom stereocenters. The van der Waals surface area contributed by atoms with Crippen molar-refractivity contribution in [2.24, 2.45) is 11.1 Å². The minimum atomic E-state index is -0.541. The molecule has 0 radical (unpaired) electrons. The van der Waals surface area contributed by atoms with Gasteiger partial charge in [0.25, 0.3) is 0 Å². The van der Waals surface area contributed by atoms with E-state index < -0.39 is 5.41 Å². The fourth-order valence-electron chi connectivity index (χ4n) is 2.07. The van der Waals surface area contributed by atoms with Crippen LogP contribution in [0, 0.1) is 5.41 Å². The number of nitrogens with two attached hydrogens (primary N) is 1. The van der Waals surface area contributed by atoms with E-state index in [4.69, 9.17) is 15.2 Å². The topological polar surface area (TPSA) is 90.7 Å². The van der Waals surface area contributed by atoms with Crippen molar-refractivity contribution in [3.05, 3.63) is 0 Å². The van der Waals surface area contributed by atoms with Crippen LogP contribution in [-0.2, 0) is 19.1 Å². The Kier molecular flexibility index (Phi) is 8.76. The van der Waals surface area contributed by atoms with E-state index in [2.05, 4.69) is 5.32 Å². The Morgan fingerprint density at radius 2 is 1.95 bits per heavy atom. The number of halogens is 1. The van der Waals surface area contributed by atoms with Gasteiger partial charge in [0.1, 0.15) is 0 Å². The zero-order valence-electron chi connectivity index (χ0n) is 12.1. The predicted molar refractivity (Wildman–Crippen MR) is 77.6 cm³/mol. The van der Waals surface area contributed by atoms with E-state index in [1.165, 1.54) is 0 Å². The van der Waals surface area contributed by atoms with Crippen molar-refractivity contribution in [2.75, 3.05) is 26.3 Å². The lowest BCUT2D eigenvalue weighted by Crippen LogP contribution is -2.49. The molecule has 1 aliphatic rings. The van der Waals surface area contributed by atoms with Crippen LogP contribution < -0.4 is 11.1 Å². The maximum Gasteiger partial charge on any atom is 0.307 e. The zero-order valence-corrected chi connectivity index (χ0v) is 13.0. The van der Waals surface area contributed by atoms with Crippen LogP contribution in [0.2, 0.25) is 0 Å². The first kappa shape index (κ1) is 19.1. The molecule has 0 aliphatic carbocycles. The number of nitrogens with one attached hydrogen (secondary N) is 1. The number of hydrogen-bond donors (Lipinski definition) is 2. The zero-order chi connectivity index (χ0) is 14.3. The Morgan fingerprint density at radius 3 is 2.45 bits per heavy atom. The van der Waals surface area contributed by atoms with Crippen LogP contribution in [0.5, 0.6) is 0 Å². The highest BCUT2D eigenvalue weighted by molar-refractivity contribution is 5.85. The van der Waals surface area contributed by atoms with E-state index in [0.717, 1.165) is 0 Å². The normalized spacial score (nSPS) is 17.2. The SMILES string of the molecule is CC(C)OC(=O)CCNC(=O)C1(CN)CCOCC1.Cl. The van der Waals surface area contributed by atoms with Gasteiger partial charge in [-0.25, -0.2) is 0 Å². The largest absolute Gasteiger partial charge is 0.463 e. The van der Waals surface area contributed by atoms with Crippen molar-refractivity contribution < 1.29 is 19.1 Å². The first-order valence-electron chi connectivity index (χ1n) is 6.76. The third-order valence-corrected chi connectivity index (χ3v) is 3.30. The maximum absolute atomic E-state index is 12.2. The molecule has 1 rings (SSSR count). The number of hydrogen-bond acceptors (Lipinski definition) is 5. The van der Waals surface area contributed by atoms with Crippen LogP contribution in [0.25, 0.3) is 0 Å². The summed E-state index contributed by atoms with van der Waals surface area (Å²) in [5, 5.41) is 2.77. The lowest BCUT2D eigenvalue weighted by molar-refractivity contribution is -0.147. The molecule has 0 unspecified atom stereocenters. The van der Waals surface area contributed by atoms with Crippen LogP contribution in [-0.4, -0.2) is 44.3 Å². The second-order valence-electron chi connectivity index (χ2n) is 5.14. The number of carbonyl (C=O) groups is 2. The summed E-state index contributed by atoms with van der Waals surface area (Å²) in [5.74, 6) is -0.389. The number of amides is 1. The van der Waals surface area contributed by atoms with Crippen LogP contribution in [0.1, 0.15) is 33.1 Å². The smallest absolute Gasteiger partial charge is 0.307 e. The van der Waals surface area contributed by atoms with Crippen molar-refractivity contribution in [1.82, 2.24) is 5.32 Å². The fraction of sp³-hybridized carbons (Fsp3) is 0.846. The Hall–Kier alpha value is -0.850. The Morgan fingerprint density at radius 1 is 1.35 bits per heavy atom. The van der Waals surface area contributed by atoms with Gasteiger partial charge >= 0.3 is 5.97 Å². The van der Waals surface area contributed by atoms with Crippen molar-refractivity contribution >= 4 is 24.3 Å². The van der Waals surface area contributed by atoms with Gasteiger partial charge in [0, 0.05) is 26.3 Å².